The van der Waals surface area contributed by atoms with Crippen molar-refractivity contribution < 1.29 is 19.4 Å². The summed E-state index contributed by atoms with van der Waals surface area (Å²) >= 11 is 1.67. The third kappa shape index (κ3) is 4.64. The fraction of sp³-hybridized carbons (Fsp3) is 0.529. The number of aliphatic hydroxyl groups is 1. The number of amides is 2. The minimum Gasteiger partial charge on any atom is -0.497 e. The van der Waals surface area contributed by atoms with Crippen LogP contribution in [0, 0.1) is 5.92 Å². The summed E-state index contributed by atoms with van der Waals surface area (Å²) in [5.41, 5.74) is 0.732. The molecule has 0 radical (unpaired) electrons. The number of hydrogen-bond donors (Lipinski definition) is 2. The largest absolute Gasteiger partial charge is 0.497 e. The average molecular weight is 352 g/mol. The van der Waals surface area contributed by atoms with Gasteiger partial charge in [0.2, 0.25) is 11.8 Å². The van der Waals surface area contributed by atoms with E-state index in [2.05, 4.69) is 5.32 Å². The molecule has 1 aliphatic rings. The Morgan fingerprint density at radius 3 is 3.00 bits per heavy atom. The molecule has 1 aromatic rings. The lowest BCUT2D eigenvalue weighted by molar-refractivity contribution is -0.127. The molecule has 1 fully saturated rings. The van der Waals surface area contributed by atoms with Gasteiger partial charge in [0.05, 0.1) is 25.7 Å². The number of benzene rings is 1. The first kappa shape index (κ1) is 18.6. The van der Waals surface area contributed by atoms with Crippen LogP contribution < -0.4 is 15.0 Å². The normalized spacial score (nSPS) is 18.5. The molecule has 2 amide bonds. The van der Waals surface area contributed by atoms with Crippen LogP contribution in [0.1, 0.15) is 12.8 Å². The van der Waals surface area contributed by atoms with E-state index in [1.165, 1.54) is 0 Å². The highest BCUT2D eigenvalue weighted by molar-refractivity contribution is 7.98. The van der Waals surface area contributed by atoms with E-state index in [-0.39, 0.29) is 30.9 Å². The predicted molar refractivity (Wildman–Crippen MR) is 95.5 cm³/mol. The molecule has 0 aliphatic carbocycles. The number of anilines is 1. The first-order valence-corrected chi connectivity index (χ1v) is 9.33. The first-order valence-electron chi connectivity index (χ1n) is 7.93. The van der Waals surface area contributed by atoms with Gasteiger partial charge >= 0.3 is 0 Å². The SMILES string of the molecule is COc1cccc(N2C[C@@H](C(=O)N[C@H](CO)CCSC)CC2=O)c1. The van der Waals surface area contributed by atoms with Crippen molar-refractivity contribution >= 4 is 29.3 Å². The first-order chi connectivity index (χ1) is 11.6. The summed E-state index contributed by atoms with van der Waals surface area (Å²) in [5.74, 6) is 0.894. The van der Waals surface area contributed by atoms with Crippen LogP contribution in [-0.2, 0) is 9.59 Å². The number of hydrogen-bond acceptors (Lipinski definition) is 5. The standard InChI is InChI=1S/C17H24N2O4S/c1-23-15-5-3-4-14(9-15)19-10-12(8-16(19)21)17(22)18-13(11-20)6-7-24-2/h3-5,9,12-13,20H,6-8,10-11H2,1-2H3,(H,18,22)/t12-,13-/m0/s1. The van der Waals surface area contributed by atoms with Crippen molar-refractivity contribution in [1.82, 2.24) is 5.32 Å². The van der Waals surface area contributed by atoms with E-state index in [1.807, 2.05) is 24.5 Å². The molecule has 24 heavy (non-hydrogen) atoms. The molecule has 132 valence electrons. The molecule has 1 aliphatic heterocycles. The number of rotatable bonds is 8. The number of carbonyl (C=O) groups excluding carboxylic acids is 2. The zero-order valence-electron chi connectivity index (χ0n) is 14.0. The van der Waals surface area contributed by atoms with E-state index in [0.29, 0.717) is 18.7 Å². The fourth-order valence-electron chi connectivity index (χ4n) is 2.70. The van der Waals surface area contributed by atoms with Crippen LogP contribution in [0.5, 0.6) is 5.75 Å². The van der Waals surface area contributed by atoms with Crippen LogP contribution in [0.25, 0.3) is 0 Å². The number of nitrogens with zero attached hydrogens (tertiary/aromatic N) is 1. The highest BCUT2D eigenvalue weighted by Gasteiger charge is 2.35. The number of ether oxygens (including phenoxy) is 1. The van der Waals surface area contributed by atoms with Crippen LogP contribution in [0.2, 0.25) is 0 Å². The Balaban J connectivity index is 1.99. The summed E-state index contributed by atoms with van der Waals surface area (Å²) in [4.78, 5) is 26.3. The third-order valence-electron chi connectivity index (χ3n) is 4.10. The minimum absolute atomic E-state index is 0.0759. The molecule has 1 saturated heterocycles. The van der Waals surface area contributed by atoms with Crippen molar-refractivity contribution in [2.24, 2.45) is 5.92 Å². The van der Waals surface area contributed by atoms with Gasteiger partial charge in [0.1, 0.15) is 5.75 Å². The van der Waals surface area contributed by atoms with Gasteiger partial charge in [-0.2, -0.15) is 11.8 Å². The van der Waals surface area contributed by atoms with Gasteiger partial charge in [-0.1, -0.05) is 6.07 Å². The summed E-state index contributed by atoms with van der Waals surface area (Å²) in [6.07, 6.45) is 2.88. The van der Waals surface area contributed by atoms with Crippen molar-refractivity contribution in [2.45, 2.75) is 18.9 Å². The molecular formula is C17H24N2O4S. The zero-order chi connectivity index (χ0) is 17.5. The van der Waals surface area contributed by atoms with Gasteiger partial charge < -0.3 is 20.1 Å². The number of thioether (sulfide) groups is 1. The molecule has 1 aromatic carbocycles. The summed E-state index contributed by atoms with van der Waals surface area (Å²) < 4.78 is 5.18. The summed E-state index contributed by atoms with van der Waals surface area (Å²) in [5, 5.41) is 12.2. The van der Waals surface area contributed by atoms with E-state index in [0.717, 1.165) is 11.4 Å². The van der Waals surface area contributed by atoms with Gasteiger partial charge in [-0.3, -0.25) is 9.59 Å². The number of carbonyl (C=O) groups is 2. The van der Waals surface area contributed by atoms with Gasteiger partial charge in [0.15, 0.2) is 0 Å². The lowest BCUT2D eigenvalue weighted by Crippen LogP contribution is -2.42. The van der Waals surface area contributed by atoms with Gasteiger partial charge in [0.25, 0.3) is 0 Å². The molecule has 6 nitrogen and oxygen atoms in total. The maximum atomic E-state index is 12.4. The van der Waals surface area contributed by atoms with Crippen molar-refractivity contribution in [3.8, 4) is 5.75 Å². The maximum Gasteiger partial charge on any atom is 0.227 e. The van der Waals surface area contributed by atoms with E-state index in [9.17, 15) is 14.7 Å². The molecule has 2 atom stereocenters. The second kappa shape index (κ2) is 8.94. The molecule has 0 saturated carbocycles. The zero-order valence-corrected chi connectivity index (χ0v) is 14.8. The fourth-order valence-corrected chi connectivity index (χ4v) is 3.22. The van der Waals surface area contributed by atoms with E-state index < -0.39 is 5.92 Å². The number of methoxy groups -OCH3 is 1. The Morgan fingerprint density at radius 1 is 1.54 bits per heavy atom. The third-order valence-corrected chi connectivity index (χ3v) is 4.74. The van der Waals surface area contributed by atoms with Crippen LogP contribution in [0.3, 0.4) is 0 Å². The Bertz CT molecular complexity index is 581. The van der Waals surface area contributed by atoms with E-state index >= 15 is 0 Å². The molecule has 2 rings (SSSR count). The maximum absolute atomic E-state index is 12.4. The highest BCUT2D eigenvalue weighted by Crippen LogP contribution is 2.28. The second-order valence-electron chi connectivity index (χ2n) is 5.78. The lowest BCUT2D eigenvalue weighted by Gasteiger charge is -2.19. The second-order valence-corrected chi connectivity index (χ2v) is 6.76. The smallest absolute Gasteiger partial charge is 0.227 e. The van der Waals surface area contributed by atoms with Crippen LogP contribution in [0.4, 0.5) is 5.69 Å². The predicted octanol–water partition coefficient (Wildman–Crippen LogP) is 1.28. The average Bonchev–Trinajstić information content (AvgIpc) is 3.00. The molecule has 0 aromatic heterocycles. The molecule has 0 unspecified atom stereocenters. The Labute approximate surface area is 146 Å². The highest BCUT2D eigenvalue weighted by atomic mass is 32.2. The minimum atomic E-state index is -0.396. The molecule has 0 spiro atoms. The van der Waals surface area contributed by atoms with Crippen molar-refractivity contribution in [1.29, 1.82) is 0 Å². The monoisotopic (exact) mass is 352 g/mol. The van der Waals surface area contributed by atoms with Crippen LogP contribution in [0.15, 0.2) is 24.3 Å². The summed E-state index contributed by atoms with van der Waals surface area (Å²) in [7, 11) is 1.57. The van der Waals surface area contributed by atoms with Gasteiger partial charge in [-0.15, -0.1) is 0 Å². The molecular weight excluding hydrogens is 328 g/mol. The van der Waals surface area contributed by atoms with Crippen molar-refractivity contribution in [2.75, 3.05) is 37.2 Å². The van der Waals surface area contributed by atoms with Gasteiger partial charge in [-0.05, 0) is 30.6 Å². The Hall–Kier alpha value is -1.73. The van der Waals surface area contributed by atoms with Gasteiger partial charge in [-0.25, -0.2) is 0 Å². The van der Waals surface area contributed by atoms with E-state index in [4.69, 9.17) is 4.74 Å². The van der Waals surface area contributed by atoms with Crippen molar-refractivity contribution in [3.05, 3.63) is 24.3 Å². The number of nitrogens with one attached hydrogen (secondary N) is 1. The Kier molecular flexibility index (Phi) is 6.93. The van der Waals surface area contributed by atoms with Gasteiger partial charge in [0, 0.05) is 24.7 Å². The molecule has 2 N–H and O–H groups in total. The van der Waals surface area contributed by atoms with Crippen LogP contribution >= 0.6 is 11.8 Å². The molecule has 1 heterocycles. The van der Waals surface area contributed by atoms with E-state index in [1.54, 1.807) is 29.8 Å². The lowest BCUT2D eigenvalue weighted by atomic mass is 10.1. The topological polar surface area (TPSA) is 78.9 Å². The molecule has 0 bridgehead atoms. The summed E-state index contributed by atoms with van der Waals surface area (Å²) in [6.45, 7) is 0.255. The van der Waals surface area contributed by atoms with Crippen molar-refractivity contribution in [3.63, 3.8) is 0 Å². The summed E-state index contributed by atoms with van der Waals surface area (Å²) in [6, 6.07) is 6.99. The quantitative estimate of drug-likeness (QED) is 0.737. The number of aliphatic hydroxyl groups excluding tert-OH is 1. The molecule has 7 heteroatoms. The Morgan fingerprint density at radius 2 is 2.33 bits per heavy atom. The van der Waals surface area contributed by atoms with Crippen LogP contribution in [-0.4, -0.2) is 55.2 Å².